The number of fused-ring (bicyclic) bond motifs is 1. The van der Waals surface area contributed by atoms with E-state index in [1.165, 1.54) is 6.92 Å². The molecule has 14 N–H and O–H groups in total. The molecule has 0 spiro atoms. The lowest BCUT2D eigenvalue weighted by molar-refractivity contribution is -0.152. The number of esters is 1. The molecule has 0 fully saturated rings. The van der Waals surface area contributed by atoms with Crippen LogP contribution in [0, 0.1) is 0 Å². The number of amides is 2. The number of aromatic nitrogens is 4. The van der Waals surface area contributed by atoms with Crippen LogP contribution in [0.15, 0.2) is 30.5 Å². The van der Waals surface area contributed by atoms with Crippen molar-refractivity contribution in [3.05, 3.63) is 52.8 Å². The van der Waals surface area contributed by atoms with Crippen LogP contribution in [-0.2, 0) is 49.5 Å². The van der Waals surface area contributed by atoms with Gasteiger partial charge in [0.05, 0.1) is 11.9 Å². The Hall–Kier alpha value is -7.97. The van der Waals surface area contributed by atoms with Gasteiger partial charge in [-0.2, -0.15) is 14.8 Å². The molecule has 0 saturated carbocycles. The lowest BCUT2D eigenvalue weighted by atomic mass is 9.91. The summed E-state index contributed by atoms with van der Waals surface area (Å²) in [7, 11) is 0. The second-order valence-corrected chi connectivity index (χ2v) is 14.0. The fourth-order valence-corrected chi connectivity index (χ4v) is 5.26. The number of halogens is 2. The van der Waals surface area contributed by atoms with Crippen molar-refractivity contribution in [3.8, 4) is 0 Å². The molecular weight excluding hydrogens is 911 g/mol. The third-order valence-corrected chi connectivity index (χ3v) is 8.95. The molecule has 4 atom stereocenters. The predicted octanol–water partition coefficient (Wildman–Crippen LogP) is 0.462. The molecule has 3 aromatic rings. The number of ether oxygens (including phenoxy) is 1. The second kappa shape index (κ2) is 31.0. The Morgan fingerprint density at radius 1 is 0.912 bits per heavy atom. The minimum atomic E-state index is -3.07. The van der Waals surface area contributed by atoms with Gasteiger partial charge in [-0.3, -0.25) is 28.8 Å². The molecule has 26 nitrogen and oxygen atoms in total. The maximum atomic E-state index is 12.5. The van der Waals surface area contributed by atoms with Crippen molar-refractivity contribution < 1.29 is 81.9 Å². The number of carboxylic acid groups (broad SMARTS) is 4. The maximum absolute atomic E-state index is 12.5. The molecule has 68 heavy (non-hydrogen) atoms. The van der Waals surface area contributed by atoms with Gasteiger partial charge in [0.1, 0.15) is 12.1 Å². The number of ketones is 1. The Morgan fingerprint density at radius 3 is 1.96 bits per heavy atom. The number of hydrogen-bond donors (Lipinski definition) is 10. The van der Waals surface area contributed by atoms with Crippen LogP contribution in [0.3, 0.4) is 0 Å². The number of alkyl halides is 2. The molecular formula is C40H54F2N12O14. The number of nitrogen functional groups attached to an aromatic ring is 2. The highest BCUT2D eigenvalue weighted by molar-refractivity contribution is 6.25. The summed E-state index contributed by atoms with van der Waals surface area (Å²) in [6.07, 6.45) is -0.0295. The predicted molar refractivity (Wildman–Crippen MR) is 233 cm³/mol. The smallest absolute Gasteiger partial charge is 0.329 e. The molecule has 28 heteroatoms. The van der Waals surface area contributed by atoms with Crippen LogP contribution in [-0.4, -0.2) is 136 Å². The normalized spacial score (nSPS) is 12.4. The van der Waals surface area contributed by atoms with Crippen molar-refractivity contribution in [1.29, 1.82) is 0 Å². The number of nitrogens with one attached hydrogen (secondary N) is 2. The van der Waals surface area contributed by atoms with E-state index in [0.29, 0.717) is 29.5 Å². The number of aliphatic carboxylic acids is 4. The number of nitrogens with zero attached hydrogens (tertiary/aromatic N) is 6. The van der Waals surface area contributed by atoms with Gasteiger partial charge in [-0.1, -0.05) is 26.0 Å². The Labute approximate surface area is 385 Å². The average molecular weight is 965 g/mol. The van der Waals surface area contributed by atoms with E-state index in [9.17, 15) is 57.0 Å². The number of rotatable bonds is 23. The van der Waals surface area contributed by atoms with Crippen LogP contribution >= 0.6 is 0 Å². The Kier molecular flexibility index (Phi) is 27.4. The van der Waals surface area contributed by atoms with E-state index in [-0.39, 0.29) is 81.2 Å². The number of nitrogens with two attached hydrogens (primary N) is 4. The molecule has 0 bridgehead atoms. The molecule has 372 valence electrons. The number of benzene rings is 1. The summed E-state index contributed by atoms with van der Waals surface area (Å²) < 4.78 is 28.1. The van der Waals surface area contributed by atoms with Gasteiger partial charge < -0.3 is 64.3 Å². The van der Waals surface area contributed by atoms with Crippen molar-refractivity contribution >= 4 is 83.1 Å². The first-order valence-corrected chi connectivity index (χ1v) is 20.1. The van der Waals surface area contributed by atoms with Crippen LogP contribution in [0.1, 0.15) is 99.7 Å². The minimum absolute atomic E-state index is 0.0270. The molecule has 0 saturated heterocycles. The van der Waals surface area contributed by atoms with Crippen LogP contribution in [0.4, 0.5) is 20.5 Å². The summed E-state index contributed by atoms with van der Waals surface area (Å²) in [5.74, 6) is -7.13. The zero-order valence-electron chi connectivity index (χ0n) is 37.0. The van der Waals surface area contributed by atoms with E-state index in [2.05, 4.69) is 40.1 Å². The van der Waals surface area contributed by atoms with E-state index in [1.54, 1.807) is 37.4 Å². The molecule has 3 rings (SSSR count). The molecule has 2 aromatic heterocycles. The number of Topliss-reactive ketones (excluding diaryl/α,β-unsaturated/α-hetero) is 1. The first kappa shape index (κ1) is 60.0. The van der Waals surface area contributed by atoms with Crippen LogP contribution in [0.5, 0.6) is 0 Å². The van der Waals surface area contributed by atoms with E-state index in [0.717, 1.165) is 12.0 Å². The first-order chi connectivity index (χ1) is 31.9. The van der Waals surface area contributed by atoms with E-state index in [4.69, 9.17) is 43.8 Å². The molecule has 0 aliphatic carbocycles. The molecule has 0 radical (unpaired) electrons. The lowest BCUT2D eigenvalue weighted by Crippen LogP contribution is -2.54. The molecule has 2 amide bonds. The van der Waals surface area contributed by atoms with Crippen LogP contribution < -0.4 is 33.6 Å². The standard InChI is InChI=1S/C22H25N7O5.C8H11N3O4.C6H12F2N2O2.C4H6O3/c1-2-11(9-14-10-25-19-17(26-14)18(23)28-22(24)29-19)12-3-5-13(6-4-12)20(32)27-15(21(33)34)7-8-16(30)31;1-5(12)11-7(8(14)15)3-2-6(13)4-10-9;7-4(8)6(10,5(11)12)2-1-3-9;1-2-4(6)7-3-5/h3-6,10-11,15H,2,7-9H2,1H3,(H,27,32)(H,30,31)(H,33,34)(H4,23,24,25,28,29);4,7H,2-3H2,1H3,(H,11,12)(H,14,15);4H,1-3,9-10H2,(H,11,12);3H,2H2,1H3/t11?,15-;7-;;/m00../s1. The summed E-state index contributed by atoms with van der Waals surface area (Å²) in [6.45, 7) is 5.11. The number of carbonyl (C=O) groups excluding carboxylic acids is 5. The van der Waals surface area contributed by atoms with Gasteiger partial charge >= 0.3 is 42.5 Å². The fourth-order valence-electron chi connectivity index (χ4n) is 5.26. The zero-order valence-corrected chi connectivity index (χ0v) is 37.0. The third-order valence-electron chi connectivity index (χ3n) is 8.95. The highest BCUT2D eigenvalue weighted by atomic mass is 19.3. The van der Waals surface area contributed by atoms with Crippen molar-refractivity contribution in [1.82, 2.24) is 30.6 Å². The summed E-state index contributed by atoms with van der Waals surface area (Å²) >= 11 is 0. The highest BCUT2D eigenvalue weighted by Crippen LogP contribution is 2.25. The first-order valence-electron chi connectivity index (χ1n) is 20.1. The van der Waals surface area contributed by atoms with Gasteiger partial charge in [0.2, 0.25) is 17.6 Å². The summed E-state index contributed by atoms with van der Waals surface area (Å²) in [5.41, 5.74) is 29.7. The van der Waals surface area contributed by atoms with Crippen molar-refractivity contribution in [2.45, 2.75) is 109 Å². The van der Waals surface area contributed by atoms with E-state index < -0.39 is 71.5 Å². The van der Waals surface area contributed by atoms with E-state index >= 15 is 0 Å². The largest absolute Gasteiger partial charge is 0.481 e. The lowest BCUT2D eigenvalue weighted by Gasteiger charge is -2.22. The van der Waals surface area contributed by atoms with Gasteiger partial charge in [-0.15, -0.1) is 0 Å². The number of anilines is 2. The van der Waals surface area contributed by atoms with Crippen LogP contribution in [0.2, 0.25) is 0 Å². The molecule has 0 aliphatic heterocycles. The minimum Gasteiger partial charge on any atom is -0.481 e. The highest BCUT2D eigenvalue weighted by Gasteiger charge is 2.43. The fraction of sp³-hybridized carbons (Fsp3) is 0.450. The molecule has 2 heterocycles. The zero-order chi connectivity index (χ0) is 52.1. The van der Waals surface area contributed by atoms with Gasteiger partial charge in [0.15, 0.2) is 22.5 Å². The Morgan fingerprint density at radius 2 is 1.50 bits per heavy atom. The topological polar surface area (TPSA) is 460 Å². The summed E-state index contributed by atoms with van der Waals surface area (Å²) in [4.78, 5) is 115. The third kappa shape index (κ3) is 22.3. The van der Waals surface area contributed by atoms with Gasteiger partial charge in [-0.25, -0.2) is 33.1 Å². The van der Waals surface area contributed by atoms with E-state index in [1.807, 2.05) is 6.92 Å². The maximum Gasteiger partial charge on any atom is 0.329 e. The van der Waals surface area contributed by atoms with Crippen molar-refractivity contribution in [2.75, 3.05) is 18.0 Å². The SMILES string of the molecule is CC(=O)N[C@@H](CCC(=O)C=[N+]=[N-])C(=O)O.CCC(=O)OC=O.CCC(Cc1cnc2nc(N)nc(N)c2n1)c1ccc(C(=O)N[C@@H](CCC(=O)O)C(=O)O)cc1.NCCCC(N)(C(=O)O)C(F)F. The van der Waals surface area contributed by atoms with Crippen molar-refractivity contribution in [2.24, 2.45) is 11.5 Å². The summed E-state index contributed by atoms with van der Waals surface area (Å²) in [5, 5.41) is 39.6. The number of carbonyl (C=O) groups is 9. The summed E-state index contributed by atoms with van der Waals surface area (Å²) in [6, 6.07) is 4.41. The van der Waals surface area contributed by atoms with Gasteiger partial charge in [0, 0.05) is 31.7 Å². The molecule has 0 aliphatic rings. The van der Waals surface area contributed by atoms with Gasteiger partial charge in [0.25, 0.3) is 12.3 Å². The number of hydrogen-bond acceptors (Lipinski definition) is 18. The quantitative estimate of drug-likeness (QED) is 0.0154. The van der Waals surface area contributed by atoms with Gasteiger partial charge in [-0.05, 0) is 68.7 Å². The molecule has 2 unspecified atom stereocenters. The Balaban J connectivity index is 0.00000108. The second-order valence-electron chi connectivity index (χ2n) is 14.0. The monoisotopic (exact) mass is 964 g/mol. The molecule has 1 aromatic carbocycles. The van der Waals surface area contributed by atoms with Crippen molar-refractivity contribution in [3.63, 3.8) is 0 Å². The average Bonchev–Trinajstić information content (AvgIpc) is 3.27. The Bertz CT molecular complexity index is 2270. The van der Waals surface area contributed by atoms with Crippen LogP contribution in [0.25, 0.3) is 16.7 Å². The number of carboxylic acids is 4.